The van der Waals surface area contributed by atoms with Gasteiger partial charge in [0.25, 0.3) is 0 Å². The minimum atomic E-state index is -0.677. The number of hydrogen-bond acceptors (Lipinski definition) is 4. The van der Waals surface area contributed by atoms with Crippen LogP contribution in [0.15, 0.2) is 30.5 Å². The first-order valence-electron chi connectivity index (χ1n) is 7.31. The number of halogens is 1. The highest BCUT2D eigenvalue weighted by molar-refractivity contribution is 6.30. The van der Waals surface area contributed by atoms with Crippen molar-refractivity contribution in [2.24, 2.45) is 0 Å². The van der Waals surface area contributed by atoms with E-state index in [1.54, 1.807) is 51.3 Å². The van der Waals surface area contributed by atoms with E-state index in [1.807, 2.05) is 0 Å². The van der Waals surface area contributed by atoms with Gasteiger partial charge in [0, 0.05) is 17.8 Å². The lowest BCUT2D eigenvalue weighted by atomic mass is 10.2. The quantitative estimate of drug-likeness (QED) is 0.860. The van der Waals surface area contributed by atoms with E-state index in [0.717, 1.165) is 0 Å². The van der Waals surface area contributed by atoms with Crippen molar-refractivity contribution >= 4 is 23.6 Å². The molecule has 0 aromatic carbocycles. The fourth-order valence-electron chi connectivity index (χ4n) is 2.09. The summed E-state index contributed by atoms with van der Waals surface area (Å²) in [5, 5.41) is 3.31. The van der Waals surface area contributed by atoms with E-state index in [1.165, 1.54) is 4.90 Å². The van der Waals surface area contributed by atoms with Crippen molar-refractivity contribution in [1.29, 1.82) is 0 Å². The number of nitrogens with zero attached hydrogens (tertiary/aromatic N) is 2. The maximum atomic E-state index is 12.3. The third-order valence-electron chi connectivity index (χ3n) is 3.08. The van der Waals surface area contributed by atoms with Crippen molar-refractivity contribution in [3.63, 3.8) is 0 Å². The topological polar surface area (TPSA) is 71.5 Å². The highest BCUT2D eigenvalue weighted by Crippen LogP contribution is 2.16. The lowest BCUT2D eigenvalue weighted by Gasteiger charge is -2.27. The Morgan fingerprint density at radius 3 is 2.87 bits per heavy atom. The third kappa shape index (κ3) is 4.96. The van der Waals surface area contributed by atoms with Gasteiger partial charge in [-0.2, -0.15) is 0 Å². The molecule has 6 nitrogen and oxygen atoms in total. The van der Waals surface area contributed by atoms with E-state index in [0.29, 0.717) is 17.3 Å². The van der Waals surface area contributed by atoms with Gasteiger partial charge in [-0.25, -0.2) is 4.79 Å². The predicted octanol–water partition coefficient (Wildman–Crippen LogP) is 2.53. The van der Waals surface area contributed by atoms with Gasteiger partial charge in [0.2, 0.25) is 5.91 Å². The maximum absolute atomic E-state index is 12.3. The second-order valence-corrected chi connectivity index (χ2v) is 6.63. The average molecular weight is 338 g/mol. The molecule has 1 aromatic rings. The van der Waals surface area contributed by atoms with Crippen LogP contribution in [-0.2, 0) is 16.1 Å². The van der Waals surface area contributed by atoms with Gasteiger partial charge in [-0.05, 0) is 32.9 Å². The van der Waals surface area contributed by atoms with Crippen LogP contribution in [0.2, 0.25) is 5.02 Å². The van der Waals surface area contributed by atoms with E-state index >= 15 is 0 Å². The van der Waals surface area contributed by atoms with Gasteiger partial charge < -0.3 is 10.1 Å². The van der Waals surface area contributed by atoms with Crippen molar-refractivity contribution in [1.82, 2.24) is 15.2 Å². The number of carbonyl (C=O) groups is 2. The Hall–Kier alpha value is -2.08. The molecule has 23 heavy (non-hydrogen) atoms. The Bertz CT molecular complexity index is 625. The van der Waals surface area contributed by atoms with Crippen molar-refractivity contribution in [3.8, 4) is 0 Å². The molecule has 2 amide bonds. The molecule has 0 spiro atoms. The molecule has 0 aliphatic carbocycles. The lowest BCUT2D eigenvalue weighted by Crippen LogP contribution is -2.47. The number of ether oxygens (including phenoxy) is 1. The highest BCUT2D eigenvalue weighted by atomic mass is 35.5. The molecule has 2 rings (SSSR count). The number of carbonyl (C=O) groups excluding carboxylic acids is 2. The Morgan fingerprint density at radius 1 is 1.48 bits per heavy atom. The number of hydrogen-bond donors (Lipinski definition) is 1. The number of amides is 2. The van der Waals surface area contributed by atoms with Crippen LogP contribution in [0.25, 0.3) is 0 Å². The Balaban J connectivity index is 1.95. The second-order valence-electron chi connectivity index (χ2n) is 6.19. The van der Waals surface area contributed by atoms with Crippen LogP contribution in [0.3, 0.4) is 0 Å². The van der Waals surface area contributed by atoms with Gasteiger partial charge >= 0.3 is 6.09 Å². The van der Waals surface area contributed by atoms with Crippen molar-refractivity contribution < 1.29 is 14.3 Å². The summed E-state index contributed by atoms with van der Waals surface area (Å²) < 4.78 is 5.32. The average Bonchev–Trinajstić information content (AvgIpc) is 2.92. The van der Waals surface area contributed by atoms with E-state index in [4.69, 9.17) is 16.3 Å². The van der Waals surface area contributed by atoms with Crippen LogP contribution >= 0.6 is 11.6 Å². The fraction of sp³-hybridized carbons (Fsp3) is 0.438. The Morgan fingerprint density at radius 2 is 2.22 bits per heavy atom. The molecule has 0 radical (unpaired) electrons. The summed E-state index contributed by atoms with van der Waals surface area (Å²) in [6.07, 6.45) is 4.52. The van der Waals surface area contributed by atoms with Crippen molar-refractivity contribution in [2.45, 2.75) is 39.0 Å². The van der Waals surface area contributed by atoms with Crippen molar-refractivity contribution in [3.05, 3.63) is 41.2 Å². The van der Waals surface area contributed by atoms with Gasteiger partial charge in [0.05, 0.1) is 12.2 Å². The first kappa shape index (κ1) is 17.3. The first-order valence-corrected chi connectivity index (χ1v) is 7.68. The van der Waals surface area contributed by atoms with Gasteiger partial charge in [0.15, 0.2) is 0 Å². The largest absolute Gasteiger partial charge is 0.444 e. The minimum Gasteiger partial charge on any atom is -0.444 e. The SMILES string of the molecule is CC(C)(C)OC(=O)N1CC=CC1C(=O)NCc1cc(Cl)ccn1. The van der Waals surface area contributed by atoms with E-state index < -0.39 is 17.7 Å². The van der Waals surface area contributed by atoms with Gasteiger partial charge in [-0.1, -0.05) is 23.8 Å². The molecule has 0 bridgehead atoms. The molecule has 1 unspecified atom stereocenters. The van der Waals surface area contributed by atoms with E-state index in [9.17, 15) is 9.59 Å². The summed E-state index contributed by atoms with van der Waals surface area (Å²) in [5.41, 5.74) is 0.0439. The summed E-state index contributed by atoms with van der Waals surface area (Å²) >= 11 is 5.88. The van der Waals surface area contributed by atoms with Crippen LogP contribution in [-0.4, -0.2) is 40.1 Å². The van der Waals surface area contributed by atoms with E-state index in [2.05, 4.69) is 10.3 Å². The smallest absolute Gasteiger partial charge is 0.411 e. The first-order chi connectivity index (χ1) is 10.8. The minimum absolute atomic E-state index is 0.242. The maximum Gasteiger partial charge on any atom is 0.411 e. The normalized spacial score (nSPS) is 17.2. The lowest BCUT2D eigenvalue weighted by molar-refractivity contribution is -0.124. The van der Waals surface area contributed by atoms with Gasteiger partial charge in [-0.15, -0.1) is 0 Å². The second kappa shape index (κ2) is 7.00. The summed E-state index contributed by atoms with van der Waals surface area (Å²) in [6, 6.07) is 2.67. The van der Waals surface area contributed by atoms with Crippen molar-refractivity contribution in [2.75, 3.05) is 6.54 Å². The Kier molecular flexibility index (Phi) is 5.26. The molecule has 1 aromatic heterocycles. The summed E-state index contributed by atoms with van der Waals surface area (Å²) in [5.74, 6) is -0.286. The molecule has 0 fully saturated rings. The molecule has 2 heterocycles. The van der Waals surface area contributed by atoms with Crippen LogP contribution in [0.4, 0.5) is 4.79 Å². The molecule has 7 heteroatoms. The molecule has 1 aliphatic rings. The Labute approximate surface area is 140 Å². The van der Waals surface area contributed by atoms with Crippen LogP contribution in [0.5, 0.6) is 0 Å². The molecule has 0 saturated carbocycles. The molecule has 124 valence electrons. The zero-order chi connectivity index (χ0) is 17.0. The van der Waals surface area contributed by atoms with Gasteiger partial charge in [0.1, 0.15) is 11.6 Å². The predicted molar refractivity (Wildman–Crippen MR) is 87.0 cm³/mol. The summed E-state index contributed by atoms with van der Waals surface area (Å²) in [7, 11) is 0. The highest BCUT2D eigenvalue weighted by Gasteiger charge is 2.33. The monoisotopic (exact) mass is 337 g/mol. The van der Waals surface area contributed by atoms with Crippen LogP contribution < -0.4 is 5.32 Å². The third-order valence-corrected chi connectivity index (χ3v) is 3.31. The zero-order valence-electron chi connectivity index (χ0n) is 13.4. The zero-order valence-corrected chi connectivity index (χ0v) is 14.1. The number of aromatic nitrogens is 1. The standard InChI is InChI=1S/C16H20ClN3O3/c1-16(2,3)23-15(22)20-8-4-5-13(20)14(21)19-10-12-9-11(17)6-7-18-12/h4-7,9,13H,8,10H2,1-3H3,(H,19,21). The molecule has 1 aliphatic heterocycles. The number of nitrogens with one attached hydrogen (secondary N) is 1. The van der Waals surface area contributed by atoms with Crippen LogP contribution in [0.1, 0.15) is 26.5 Å². The molecular weight excluding hydrogens is 318 g/mol. The van der Waals surface area contributed by atoms with E-state index in [-0.39, 0.29) is 12.5 Å². The van der Waals surface area contributed by atoms with Gasteiger partial charge in [-0.3, -0.25) is 14.7 Å². The summed E-state index contributed by atoms with van der Waals surface area (Å²) in [6.45, 7) is 5.95. The molecular formula is C16H20ClN3O3. The molecule has 0 saturated heterocycles. The van der Waals surface area contributed by atoms with Crippen LogP contribution in [0, 0.1) is 0 Å². The number of pyridine rings is 1. The molecule has 1 atom stereocenters. The number of rotatable bonds is 3. The fourth-order valence-corrected chi connectivity index (χ4v) is 2.27. The summed E-state index contributed by atoms with van der Waals surface area (Å²) in [4.78, 5) is 30.0. The molecule has 1 N–H and O–H groups in total.